The average Bonchev–Trinajstić information content (AvgIpc) is 2.59. The van der Waals surface area contributed by atoms with Crippen molar-refractivity contribution < 1.29 is 28.7 Å². The van der Waals surface area contributed by atoms with Crippen LogP contribution < -0.4 is 10.6 Å². The van der Waals surface area contributed by atoms with Crippen molar-refractivity contribution in [3.8, 4) is 0 Å². The Morgan fingerprint density at radius 2 is 1.76 bits per heavy atom. The molecule has 25 heavy (non-hydrogen) atoms. The molecule has 0 saturated heterocycles. The van der Waals surface area contributed by atoms with Crippen molar-refractivity contribution in [1.82, 2.24) is 5.32 Å². The third-order valence-electron chi connectivity index (χ3n) is 3.58. The minimum absolute atomic E-state index is 0.0726. The van der Waals surface area contributed by atoms with Crippen molar-refractivity contribution in [3.63, 3.8) is 0 Å². The highest BCUT2D eigenvalue weighted by Gasteiger charge is 2.31. The Bertz CT molecular complexity index is 682. The zero-order valence-corrected chi connectivity index (χ0v) is 14.1. The van der Waals surface area contributed by atoms with Gasteiger partial charge in [0.05, 0.1) is 13.2 Å². The molecule has 1 aliphatic heterocycles. The van der Waals surface area contributed by atoms with Crippen LogP contribution in [0.4, 0.5) is 5.69 Å². The fraction of sp³-hybridized carbons (Fsp3) is 0.412. The fourth-order valence-electron chi connectivity index (χ4n) is 2.40. The number of rotatable bonds is 6. The summed E-state index contributed by atoms with van der Waals surface area (Å²) in [5.41, 5.74) is 1.74. The van der Waals surface area contributed by atoms with Gasteiger partial charge in [-0.3, -0.25) is 9.59 Å². The highest BCUT2D eigenvalue weighted by Crippen LogP contribution is 2.23. The van der Waals surface area contributed by atoms with Crippen molar-refractivity contribution in [2.75, 3.05) is 18.5 Å². The second-order valence-electron chi connectivity index (χ2n) is 5.33. The third kappa shape index (κ3) is 4.56. The lowest BCUT2D eigenvalue weighted by Gasteiger charge is -2.19. The molecule has 2 amide bonds. The predicted octanol–water partition coefficient (Wildman–Crippen LogP) is 0.796. The molecule has 1 aromatic carbocycles. The molecular weight excluding hydrogens is 328 g/mol. The largest absolute Gasteiger partial charge is 0.464 e. The van der Waals surface area contributed by atoms with E-state index in [2.05, 4.69) is 10.6 Å². The highest BCUT2D eigenvalue weighted by atomic mass is 16.6. The van der Waals surface area contributed by atoms with Crippen LogP contribution in [0.5, 0.6) is 0 Å². The Labute approximate surface area is 144 Å². The number of esters is 2. The van der Waals surface area contributed by atoms with Crippen molar-refractivity contribution in [1.29, 1.82) is 0 Å². The van der Waals surface area contributed by atoms with Crippen molar-refractivity contribution >= 4 is 29.4 Å². The molecule has 0 spiro atoms. The second kappa shape index (κ2) is 8.27. The molecule has 2 N–H and O–H groups in total. The lowest BCUT2D eigenvalue weighted by atomic mass is 10.00. The van der Waals surface area contributed by atoms with Crippen LogP contribution in [-0.4, -0.2) is 43.0 Å². The van der Waals surface area contributed by atoms with Gasteiger partial charge in [0, 0.05) is 17.7 Å². The summed E-state index contributed by atoms with van der Waals surface area (Å²) in [6.07, 6.45) is 0.855. The maximum atomic E-state index is 12.4. The summed E-state index contributed by atoms with van der Waals surface area (Å²) in [7, 11) is 0. The molecule has 0 saturated carbocycles. The number of nitrogens with one attached hydrogen (secondary N) is 2. The van der Waals surface area contributed by atoms with E-state index < -0.39 is 23.9 Å². The Balaban J connectivity index is 2.16. The Morgan fingerprint density at radius 1 is 1.12 bits per heavy atom. The van der Waals surface area contributed by atoms with Crippen LogP contribution in [0.25, 0.3) is 0 Å². The van der Waals surface area contributed by atoms with Crippen molar-refractivity contribution in [2.24, 2.45) is 0 Å². The van der Waals surface area contributed by atoms with Gasteiger partial charge in [-0.05, 0) is 44.0 Å². The SMILES string of the molecule is CCOC(=O)C(NC(=O)c1ccc2c(c1)CCC(=O)N2)C(=O)OCC. The zero-order valence-electron chi connectivity index (χ0n) is 14.1. The van der Waals surface area contributed by atoms with E-state index >= 15 is 0 Å². The molecule has 0 radical (unpaired) electrons. The summed E-state index contributed by atoms with van der Waals surface area (Å²) >= 11 is 0. The molecule has 0 fully saturated rings. The van der Waals surface area contributed by atoms with Gasteiger partial charge < -0.3 is 20.1 Å². The lowest BCUT2D eigenvalue weighted by molar-refractivity contribution is -0.157. The first-order chi connectivity index (χ1) is 12.0. The summed E-state index contributed by atoms with van der Waals surface area (Å²) < 4.78 is 9.62. The number of hydrogen-bond acceptors (Lipinski definition) is 6. The second-order valence-corrected chi connectivity index (χ2v) is 5.33. The fourth-order valence-corrected chi connectivity index (χ4v) is 2.40. The highest BCUT2D eigenvalue weighted by molar-refractivity contribution is 6.06. The van der Waals surface area contributed by atoms with E-state index in [1.807, 2.05) is 0 Å². The van der Waals surface area contributed by atoms with Crippen molar-refractivity contribution in [3.05, 3.63) is 29.3 Å². The molecule has 2 rings (SSSR count). The molecule has 134 valence electrons. The van der Waals surface area contributed by atoms with Gasteiger partial charge in [0.2, 0.25) is 11.9 Å². The molecular formula is C17H20N2O6. The first-order valence-electron chi connectivity index (χ1n) is 8.03. The molecule has 0 bridgehead atoms. The number of fused-ring (bicyclic) bond motifs is 1. The molecule has 1 heterocycles. The topological polar surface area (TPSA) is 111 Å². The summed E-state index contributed by atoms with van der Waals surface area (Å²) in [5, 5.41) is 5.06. The number of amides is 2. The summed E-state index contributed by atoms with van der Waals surface area (Å²) in [4.78, 5) is 47.6. The first-order valence-corrected chi connectivity index (χ1v) is 8.03. The van der Waals surface area contributed by atoms with E-state index in [0.717, 1.165) is 5.56 Å². The molecule has 1 aliphatic rings. The monoisotopic (exact) mass is 348 g/mol. The van der Waals surface area contributed by atoms with Gasteiger partial charge in [0.1, 0.15) is 0 Å². The van der Waals surface area contributed by atoms with E-state index in [9.17, 15) is 19.2 Å². The molecule has 0 atom stereocenters. The number of aryl methyl sites for hydroxylation is 1. The number of hydrogen-bond donors (Lipinski definition) is 2. The number of ether oxygens (including phenoxy) is 2. The molecule has 0 aliphatic carbocycles. The molecule has 1 aromatic rings. The van der Waals surface area contributed by atoms with E-state index in [1.165, 1.54) is 6.07 Å². The number of benzene rings is 1. The number of anilines is 1. The number of carbonyl (C=O) groups excluding carboxylic acids is 4. The normalized spacial score (nSPS) is 12.8. The van der Waals surface area contributed by atoms with Crippen LogP contribution in [0, 0.1) is 0 Å². The summed E-state index contributed by atoms with van der Waals surface area (Å²) in [6.45, 7) is 3.34. The van der Waals surface area contributed by atoms with E-state index in [1.54, 1.807) is 26.0 Å². The summed E-state index contributed by atoms with van der Waals surface area (Å²) in [5.74, 6) is -2.43. The van der Waals surface area contributed by atoms with Crippen LogP contribution in [0.15, 0.2) is 18.2 Å². The van der Waals surface area contributed by atoms with E-state index in [-0.39, 0.29) is 24.7 Å². The Morgan fingerprint density at radius 3 is 2.36 bits per heavy atom. The van der Waals surface area contributed by atoms with Gasteiger partial charge in [-0.15, -0.1) is 0 Å². The Kier molecular flexibility index (Phi) is 6.10. The predicted molar refractivity (Wildman–Crippen MR) is 87.9 cm³/mol. The van der Waals surface area contributed by atoms with Gasteiger partial charge in [-0.1, -0.05) is 0 Å². The van der Waals surface area contributed by atoms with Crippen LogP contribution in [0.3, 0.4) is 0 Å². The van der Waals surface area contributed by atoms with Gasteiger partial charge in [0.15, 0.2) is 0 Å². The van der Waals surface area contributed by atoms with Gasteiger partial charge in [-0.25, -0.2) is 9.59 Å². The minimum Gasteiger partial charge on any atom is -0.464 e. The first kappa shape index (κ1) is 18.4. The quantitative estimate of drug-likeness (QED) is 0.581. The van der Waals surface area contributed by atoms with Crippen LogP contribution in [-0.2, 0) is 30.3 Å². The average molecular weight is 348 g/mol. The smallest absolute Gasteiger partial charge is 0.340 e. The maximum absolute atomic E-state index is 12.4. The van der Waals surface area contributed by atoms with Gasteiger partial charge in [0.25, 0.3) is 5.91 Å². The summed E-state index contributed by atoms with van der Waals surface area (Å²) in [6, 6.07) is 3.22. The van der Waals surface area contributed by atoms with Crippen LogP contribution >= 0.6 is 0 Å². The minimum atomic E-state index is -1.52. The molecule has 8 heteroatoms. The standard InChI is InChI=1S/C17H20N2O6/c1-3-24-16(22)14(17(23)25-4-2)19-15(21)11-5-7-12-10(9-11)6-8-13(20)18-12/h5,7,9,14H,3-4,6,8H2,1-2H3,(H,18,20)(H,19,21). The van der Waals surface area contributed by atoms with E-state index in [4.69, 9.17) is 9.47 Å². The molecule has 8 nitrogen and oxygen atoms in total. The molecule has 0 unspecified atom stereocenters. The van der Waals surface area contributed by atoms with E-state index in [0.29, 0.717) is 18.5 Å². The maximum Gasteiger partial charge on any atom is 0.340 e. The van der Waals surface area contributed by atoms with Crippen LogP contribution in [0.2, 0.25) is 0 Å². The number of carbonyl (C=O) groups is 4. The zero-order chi connectivity index (χ0) is 18.4. The lowest BCUT2D eigenvalue weighted by Crippen LogP contribution is -2.48. The van der Waals surface area contributed by atoms with Crippen LogP contribution in [0.1, 0.15) is 36.2 Å². The van der Waals surface area contributed by atoms with Crippen molar-refractivity contribution in [2.45, 2.75) is 32.7 Å². The van der Waals surface area contributed by atoms with Gasteiger partial charge >= 0.3 is 11.9 Å². The third-order valence-corrected chi connectivity index (χ3v) is 3.58. The Hall–Kier alpha value is -2.90. The van der Waals surface area contributed by atoms with Gasteiger partial charge in [-0.2, -0.15) is 0 Å². The molecule has 0 aromatic heterocycles.